The minimum absolute atomic E-state index is 0. The van der Waals surface area contributed by atoms with Crippen molar-refractivity contribution in [3.8, 4) is 33.9 Å². The summed E-state index contributed by atoms with van der Waals surface area (Å²) in [6, 6.07) is 39.1. The second-order valence-electron chi connectivity index (χ2n) is 15.0. The fourth-order valence-electron chi connectivity index (χ4n) is 6.89. The van der Waals surface area contributed by atoms with E-state index < -0.39 is 45.2 Å². The summed E-state index contributed by atoms with van der Waals surface area (Å²) in [7, 11) is 0. The summed E-state index contributed by atoms with van der Waals surface area (Å²) in [4.78, 5) is 13.8. The Bertz CT molecular complexity index is 3250. The Labute approximate surface area is 368 Å². The molecular formula is C50H45FGeIrN4O-2. The normalized spacial score (nSPS) is 14.7. The van der Waals surface area contributed by atoms with Gasteiger partial charge in [-0.1, -0.05) is 83.2 Å². The molecule has 4 aromatic heterocycles. The van der Waals surface area contributed by atoms with Crippen molar-refractivity contribution in [1.29, 1.82) is 0 Å². The first-order valence-corrected chi connectivity index (χ1v) is 25.9. The van der Waals surface area contributed by atoms with Gasteiger partial charge in [0, 0.05) is 47.9 Å². The van der Waals surface area contributed by atoms with E-state index in [1.165, 1.54) is 12.1 Å². The number of furan rings is 1. The van der Waals surface area contributed by atoms with Gasteiger partial charge in [-0.25, -0.2) is 0 Å². The SMILES string of the molecule is [2H]C([2H])([2H])c1cc[c-]c(-c2cc(C([2H])(C)C)[c]([Ge]([CH3])([CH3])[CH3])cn2)c1F.[2H]C([2H])([2H])c1ccc(-c2nccc3c2oc2c(-c4nc5ccccc5n4C([2H])([2H])c4ccccc4)[c-]ccc23)cc1.[Ir]. The van der Waals surface area contributed by atoms with Crippen molar-refractivity contribution < 1.29 is 41.2 Å². The number of imidazole rings is 1. The number of nitrogens with zero attached hydrogens (tertiary/aromatic N) is 4. The van der Waals surface area contributed by atoms with Crippen molar-refractivity contribution in [3.63, 3.8) is 0 Å². The zero-order valence-electron chi connectivity index (χ0n) is 41.5. The second kappa shape index (κ2) is 16.9. The van der Waals surface area contributed by atoms with Gasteiger partial charge in [0.15, 0.2) is 0 Å². The molecule has 0 aliphatic carbocycles. The smallest absolute Gasteiger partial charge is 0.147 e. The van der Waals surface area contributed by atoms with Crippen LogP contribution < -0.4 is 4.40 Å². The van der Waals surface area contributed by atoms with Crippen LogP contribution in [-0.4, -0.2) is 32.8 Å². The summed E-state index contributed by atoms with van der Waals surface area (Å²) in [6.45, 7) is -3.07. The molecule has 0 fully saturated rings. The van der Waals surface area contributed by atoms with Crippen LogP contribution in [0.2, 0.25) is 17.3 Å². The van der Waals surface area contributed by atoms with Crippen LogP contribution in [0.1, 0.15) is 54.3 Å². The van der Waals surface area contributed by atoms with E-state index in [9.17, 15) is 7.13 Å². The van der Waals surface area contributed by atoms with Crippen LogP contribution in [0.25, 0.3) is 66.9 Å². The fraction of sp³-hybridized carbons (Fsp3) is 0.180. The minimum Gasteiger partial charge on any atom is -0.498 e. The number of aromatic nitrogens is 4. The Kier molecular flexibility index (Phi) is 9.00. The van der Waals surface area contributed by atoms with Crippen molar-refractivity contribution in [2.24, 2.45) is 0 Å². The standard InChI is InChI=1S/C32H22N3O.C18H23FGeN.Ir/c1-21-14-16-23(17-15-21)29-31-25(18-19-33-29)24-10-7-11-26(30(24)36-31)32-34-27-12-5-6-13-28(27)35(32)20-22-8-3-2-4-9-22;1-12(2)15-10-17(21-11-16(15)20(4,5)6)14-9-7-8-13(3)18(14)19;/h2-10,12-19H,20H2,1H3;7-8,10-12H,1-6H3;/q2*-1;/i1D3,20D2;3D3,12D;. The first-order chi connectivity index (χ1) is 31.0. The third kappa shape index (κ3) is 8.09. The molecule has 58 heavy (non-hydrogen) atoms. The maximum Gasteiger partial charge on any atom is 0.147 e. The molecule has 0 N–H and O–H groups in total. The van der Waals surface area contributed by atoms with E-state index in [0.29, 0.717) is 50.5 Å². The molecule has 0 aliphatic heterocycles. The van der Waals surface area contributed by atoms with Gasteiger partial charge in [0.05, 0.1) is 25.2 Å². The van der Waals surface area contributed by atoms with E-state index >= 15 is 0 Å². The van der Waals surface area contributed by atoms with Gasteiger partial charge in [-0.2, -0.15) is 0 Å². The molecule has 0 unspecified atom stereocenters. The van der Waals surface area contributed by atoms with E-state index in [0.717, 1.165) is 26.3 Å². The number of benzene rings is 5. The summed E-state index contributed by atoms with van der Waals surface area (Å²) in [5.74, 6) is 5.36. The van der Waals surface area contributed by atoms with Gasteiger partial charge in [-0.15, -0.1) is 18.2 Å². The molecule has 0 saturated heterocycles. The van der Waals surface area contributed by atoms with E-state index in [1.54, 1.807) is 79.3 Å². The monoisotopic (exact) mass is 1010 g/mol. The summed E-state index contributed by atoms with van der Waals surface area (Å²) >= 11 is -2.28. The molecule has 9 rings (SSSR count). The number of fused-ring (bicyclic) bond motifs is 4. The van der Waals surface area contributed by atoms with Crippen LogP contribution in [0.15, 0.2) is 132 Å². The maximum atomic E-state index is 14.8. The van der Waals surface area contributed by atoms with Gasteiger partial charge in [-0.05, 0) is 30.6 Å². The predicted molar refractivity (Wildman–Crippen MR) is 235 cm³/mol. The molecular weight excluding hydrogens is 956 g/mol. The molecule has 5 nitrogen and oxygen atoms in total. The van der Waals surface area contributed by atoms with Crippen molar-refractivity contribution in [2.45, 2.75) is 57.2 Å². The zero-order chi connectivity index (χ0) is 47.6. The van der Waals surface area contributed by atoms with Gasteiger partial charge < -0.3 is 8.98 Å². The number of para-hydroxylation sites is 2. The molecule has 0 amide bonds. The Balaban J connectivity index is 0.000000221. The van der Waals surface area contributed by atoms with Crippen molar-refractivity contribution in [3.05, 3.63) is 168 Å². The molecule has 8 heteroatoms. The van der Waals surface area contributed by atoms with Crippen LogP contribution in [0.5, 0.6) is 0 Å². The van der Waals surface area contributed by atoms with E-state index in [1.807, 2.05) is 54.6 Å². The summed E-state index contributed by atoms with van der Waals surface area (Å²) in [6.07, 6.45) is 3.43. The van der Waals surface area contributed by atoms with E-state index in [4.69, 9.17) is 19.0 Å². The molecule has 0 bridgehead atoms. The number of hydrogen-bond acceptors (Lipinski definition) is 4. The molecule has 0 spiro atoms. The molecule has 1 radical (unpaired) electrons. The minimum atomic E-state index is -2.54. The van der Waals surface area contributed by atoms with Crippen LogP contribution >= 0.6 is 0 Å². The number of rotatable bonds is 7. The van der Waals surface area contributed by atoms with Crippen LogP contribution in [-0.2, 0) is 26.6 Å². The van der Waals surface area contributed by atoms with Gasteiger partial charge in [0.25, 0.3) is 0 Å². The van der Waals surface area contributed by atoms with Crippen molar-refractivity contribution in [1.82, 2.24) is 19.5 Å². The Hall–Kier alpha value is -5.21. The van der Waals surface area contributed by atoms with Gasteiger partial charge >= 0.3 is 135 Å². The first kappa shape index (κ1) is 30.8. The van der Waals surface area contributed by atoms with E-state index in [2.05, 4.69) is 39.4 Å². The molecule has 0 saturated carbocycles. The first-order valence-electron chi connectivity index (χ1n) is 23.0. The zero-order valence-corrected chi connectivity index (χ0v) is 37.0. The van der Waals surface area contributed by atoms with Gasteiger partial charge in [0.1, 0.15) is 11.3 Å². The Morgan fingerprint density at radius 1 is 0.845 bits per heavy atom. The van der Waals surface area contributed by atoms with Gasteiger partial charge in [0.2, 0.25) is 0 Å². The average Bonchev–Trinajstić information content (AvgIpc) is 3.85. The third-order valence-corrected chi connectivity index (χ3v) is 14.0. The topological polar surface area (TPSA) is 56.7 Å². The summed E-state index contributed by atoms with van der Waals surface area (Å²) < 4.78 is 96.3. The number of aryl methyl sites for hydroxylation is 2. The molecule has 4 heterocycles. The average molecular weight is 1010 g/mol. The quantitative estimate of drug-likeness (QED) is 0.118. The Morgan fingerprint density at radius 3 is 2.31 bits per heavy atom. The summed E-state index contributed by atoms with van der Waals surface area (Å²) in [5.41, 5.74) is 5.75. The largest absolute Gasteiger partial charge is 0.498 e. The molecule has 5 aromatic carbocycles. The van der Waals surface area contributed by atoms with Crippen LogP contribution in [0.3, 0.4) is 0 Å². The number of pyridine rings is 2. The predicted octanol–water partition coefficient (Wildman–Crippen LogP) is 12.5. The molecule has 9 aromatic rings. The maximum absolute atomic E-state index is 14.8. The molecule has 0 aliphatic rings. The van der Waals surface area contributed by atoms with E-state index in [-0.39, 0.29) is 36.8 Å². The van der Waals surface area contributed by atoms with Crippen molar-refractivity contribution in [2.75, 3.05) is 0 Å². The fourth-order valence-corrected chi connectivity index (χ4v) is 10.2. The van der Waals surface area contributed by atoms with Crippen LogP contribution in [0, 0.1) is 31.7 Å². The Morgan fingerprint density at radius 2 is 1.57 bits per heavy atom. The van der Waals surface area contributed by atoms with Gasteiger partial charge in [-0.3, -0.25) is 9.97 Å². The number of hydrogen-bond donors (Lipinski definition) is 0. The van der Waals surface area contributed by atoms with Crippen LogP contribution in [0.4, 0.5) is 4.39 Å². The third-order valence-electron chi connectivity index (χ3n) is 9.75. The number of halogens is 1. The molecule has 0 atom stereocenters. The molecule has 293 valence electrons. The second-order valence-corrected chi connectivity index (χ2v) is 25.6. The summed E-state index contributed by atoms with van der Waals surface area (Å²) in [5, 5.41) is 1.64. The van der Waals surface area contributed by atoms with Crippen molar-refractivity contribution >= 4 is 50.6 Å².